The Morgan fingerprint density at radius 3 is 2.40 bits per heavy atom. The van der Waals surface area contributed by atoms with E-state index in [0.29, 0.717) is 21.9 Å². The SMILES string of the molecule is Cc1c(Cl)cccc1NC(=O)CC(=O)Nc1cccc2cccnc12. The summed E-state index contributed by atoms with van der Waals surface area (Å²) in [6.45, 7) is 1.81. The number of para-hydroxylation sites is 1. The minimum atomic E-state index is -0.407. The number of hydrogen-bond acceptors (Lipinski definition) is 3. The monoisotopic (exact) mass is 353 g/mol. The van der Waals surface area contributed by atoms with Gasteiger partial charge in [0.25, 0.3) is 0 Å². The normalized spacial score (nSPS) is 10.5. The van der Waals surface area contributed by atoms with E-state index in [1.165, 1.54) is 0 Å². The number of fused-ring (bicyclic) bond motifs is 1. The number of rotatable bonds is 4. The van der Waals surface area contributed by atoms with Crippen molar-refractivity contribution in [3.05, 3.63) is 65.3 Å². The molecule has 2 amide bonds. The van der Waals surface area contributed by atoms with Crippen LogP contribution in [0.15, 0.2) is 54.7 Å². The molecule has 0 radical (unpaired) electrons. The third kappa shape index (κ3) is 3.95. The first-order chi connectivity index (χ1) is 12.0. The molecule has 5 nitrogen and oxygen atoms in total. The van der Waals surface area contributed by atoms with Gasteiger partial charge < -0.3 is 10.6 Å². The van der Waals surface area contributed by atoms with Gasteiger partial charge in [-0.2, -0.15) is 0 Å². The zero-order chi connectivity index (χ0) is 17.8. The number of benzene rings is 2. The number of halogens is 1. The van der Waals surface area contributed by atoms with Gasteiger partial charge in [-0.15, -0.1) is 0 Å². The summed E-state index contributed by atoms with van der Waals surface area (Å²) in [7, 11) is 0. The first kappa shape index (κ1) is 16.9. The highest BCUT2D eigenvalue weighted by Crippen LogP contribution is 2.23. The van der Waals surface area contributed by atoms with Crippen molar-refractivity contribution < 1.29 is 9.59 Å². The van der Waals surface area contributed by atoms with Gasteiger partial charge in [-0.05, 0) is 36.8 Å². The zero-order valence-corrected chi connectivity index (χ0v) is 14.3. The highest BCUT2D eigenvalue weighted by atomic mass is 35.5. The number of carbonyl (C=O) groups excluding carboxylic acids is 2. The van der Waals surface area contributed by atoms with E-state index in [-0.39, 0.29) is 6.42 Å². The molecule has 0 spiro atoms. The topological polar surface area (TPSA) is 71.1 Å². The van der Waals surface area contributed by atoms with Crippen LogP contribution in [-0.2, 0) is 9.59 Å². The fraction of sp³-hybridized carbons (Fsp3) is 0.105. The predicted molar refractivity (Wildman–Crippen MR) is 99.8 cm³/mol. The van der Waals surface area contributed by atoms with Gasteiger partial charge in [-0.25, -0.2) is 0 Å². The molecule has 0 saturated carbocycles. The molecule has 0 bridgehead atoms. The van der Waals surface area contributed by atoms with Gasteiger partial charge >= 0.3 is 0 Å². The first-order valence-electron chi connectivity index (χ1n) is 7.73. The summed E-state index contributed by atoms with van der Waals surface area (Å²) >= 11 is 6.03. The number of anilines is 2. The Morgan fingerprint density at radius 1 is 0.960 bits per heavy atom. The van der Waals surface area contributed by atoms with Crippen LogP contribution in [0, 0.1) is 6.92 Å². The van der Waals surface area contributed by atoms with E-state index in [4.69, 9.17) is 11.6 Å². The van der Waals surface area contributed by atoms with E-state index in [2.05, 4.69) is 15.6 Å². The third-order valence-corrected chi connectivity index (χ3v) is 4.18. The van der Waals surface area contributed by atoms with Crippen LogP contribution in [0.3, 0.4) is 0 Å². The molecule has 0 unspecified atom stereocenters. The lowest BCUT2D eigenvalue weighted by Crippen LogP contribution is -2.22. The van der Waals surface area contributed by atoms with E-state index in [9.17, 15) is 9.59 Å². The van der Waals surface area contributed by atoms with E-state index in [1.807, 2.05) is 24.3 Å². The number of hydrogen-bond donors (Lipinski definition) is 2. The van der Waals surface area contributed by atoms with Gasteiger partial charge in [-0.3, -0.25) is 14.6 Å². The van der Waals surface area contributed by atoms with Crippen LogP contribution in [0.1, 0.15) is 12.0 Å². The summed E-state index contributed by atoms with van der Waals surface area (Å²) in [6, 6.07) is 14.5. The second-order valence-corrected chi connectivity index (χ2v) is 5.97. The van der Waals surface area contributed by atoms with E-state index >= 15 is 0 Å². The summed E-state index contributed by atoms with van der Waals surface area (Å²) in [5.41, 5.74) is 2.62. The summed E-state index contributed by atoms with van der Waals surface area (Å²) in [5.74, 6) is -0.814. The molecular weight excluding hydrogens is 338 g/mol. The minimum absolute atomic E-state index is 0.296. The standard InChI is InChI=1S/C19H16ClN3O2/c1-12-14(20)7-3-8-15(12)22-17(24)11-18(25)23-16-9-2-5-13-6-4-10-21-19(13)16/h2-10H,11H2,1H3,(H,22,24)(H,23,25). The van der Waals surface area contributed by atoms with Gasteiger partial charge in [0.05, 0.1) is 11.2 Å². The maximum Gasteiger partial charge on any atom is 0.233 e. The molecule has 3 rings (SSSR count). The Labute approximate surface area is 150 Å². The van der Waals surface area contributed by atoms with Crippen LogP contribution < -0.4 is 10.6 Å². The second kappa shape index (κ2) is 7.32. The van der Waals surface area contributed by atoms with Crippen LogP contribution in [0.4, 0.5) is 11.4 Å². The van der Waals surface area contributed by atoms with Crippen LogP contribution in [0.2, 0.25) is 5.02 Å². The molecule has 25 heavy (non-hydrogen) atoms. The maximum absolute atomic E-state index is 12.2. The van der Waals surface area contributed by atoms with Crippen molar-refractivity contribution in [2.24, 2.45) is 0 Å². The molecular formula is C19H16ClN3O2. The molecule has 1 heterocycles. The average molecular weight is 354 g/mol. The molecule has 2 aromatic carbocycles. The lowest BCUT2D eigenvalue weighted by molar-refractivity contribution is -0.123. The summed E-state index contributed by atoms with van der Waals surface area (Å²) in [6.07, 6.45) is 1.36. The molecule has 3 aromatic rings. The van der Waals surface area contributed by atoms with Crippen LogP contribution in [0.5, 0.6) is 0 Å². The van der Waals surface area contributed by atoms with Gasteiger partial charge in [0.1, 0.15) is 6.42 Å². The predicted octanol–water partition coefficient (Wildman–Crippen LogP) is 4.16. The molecule has 126 valence electrons. The quantitative estimate of drug-likeness (QED) is 0.692. The van der Waals surface area contributed by atoms with Crippen molar-refractivity contribution in [2.75, 3.05) is 10.6 Å². The van der Waals surface area contributed by atoms with Crippen molar-refractivity contribution >= 4 is 45.7 Å². The van der Waals surface area contributed by atoms with Gasteiger partial charge in [-0.1, -0.05) is 35.9 Å². The Morgan fingerprint density at radius 2 is 1.60 bits per heavy atom. The summed E-state index contributed by atoms with van der Waals surface area (Å²) < 4.78 is 0. The molecule has 0 aliphatic rings. The van der Waals surface area contributed by atoms with E-state index in [0.717, 1.165) is 10.9 Å². The molecule has 0 aliphatic carbocycles. The number of nitrogens with one attached hydrogen (secondary N) is 2. The lowest BCUT2D eigenvalue weighted by atomic mass is 10.2. The van der Waals surface area contributed by atoms with Crippen molar-refractivity contribution in [3.8, 4) is 0 Å². The molecule has 0 saturated heterocycles. The molecule has 2 N–H and O–H groups in total. The molecule has 0 atom stereocenters. The fourth-order valence-electron chi connectivity index (χ4n) is 2.48. The van der Waals surface area contributed by atoms with Crippen molar-refractivity contribution in [2.45, 2.75) is 13.3 Å². The second-order valence-electron chi connectivity index (χ2n) is 5.57. The Bertz CT molecular complexity index is 951. The molecule has 0 fully saturated rings. The van der Waals surface area contributed by atoms with Gasteiger partial charge in [0.15, 0.2) is 0 Å². The first-order valence-corrected chi connectivity index (χ1v) is 8.11. The highest BCUT2D eigenvalue weighted by Gasteiger charge is 2.13. The van der Waals surface area contributed by atoms with Crippen molar-refractivity contribution in [1.29, 1.82) is 0 Å². The maximum atomic E-state index is 12.2. The number of pyridine rings is 1. The number of amides is 2. The lowest BCUT2D eigenvalue weighted by Gasteiger charge is -2.10. The minimum Gasteiger partial charge on any atom is -0.325 e. The summed E-state index contributed by atoms with van der Waals surface area (Å²) in [4.78, 5) is 28.6. The van der Waals surface area contributed by atoms with Crippen molar-refractivity contribution in [3.63, 3.8) is 0 Å². The van der Waals surface area contributed by atoms with Crippen molar-refractivity contribution in [1.82, 2.24) is 4.98 Å². The third-order valence-electron chi connectivity index (χ3n) is 3.77. The van der Waals surface area contributed by atoms with Gasteiger partial charge in [0.2, 0.25) is 11.8 Å². The summed E-state index contributed by atoms with van der Waals surface area (Å²) in [5, 5.41) is 6.92. The Kier molecular flexibility index (Phi) is 4.95. The molecule has 1 aromatic heterocycles. The van der Waals surface area contributed by atoms with Gasteiger partial charge in [0, 0.05) is 22.3 Å². The van der Waals surface area contributed by atoms with Crippen LogP contribution in [-0.4, -0.2) is 16.8 Å². The Hall–Kier alpha value is -2.92. The van der Waals surface area contributed by atoms with E-state index in [1.54, 1.807) is 37.4 Å². The van der Waals surface area contributed by atoms with E-state index < -0.39 is 11.8 Å². The largest absolute Gasteiger partial charge is 0.325 e. The van der Waals surface area contributed by atoms with Crippen LogP contribution in [0.25, 0.3) is 10.9 Å². The molecule has 6 heteroatoms. The number of carbonyl (C=O) groups is 2. The average Bonchev–Trinajstić information content (AvgIpc) is 2.59. The van der Waals surface area contributed by atoms with Crippen LogP contribution >= 0.6 is 11.6 Å². The smallest absolute Gasteiger partial charge is 0.233 e. The fourth-order valence-corrected chi connectivity index (χ4v) is 2.66. The highest BCUT2D eigenvalue weighted by molar-refractivity contribution is 6.31. The zero-order valence-electron chi connectivity index (χ0n) is 13.5. The molecule has 0 aliphatic heterocycles. The number of nitrogens with zero attached hydrogens (tertiary/aromatic N) is 1. The number of aromatic nitrogens is 1. The Balaban J connectivity index is 1.68.